The Bertz CT molecular complexity index is 496. The van der Waals surface area contributed by atoms with Crippen LogP contribution in [0.4, 0.5) is 0 Å². The van der Waals surface area contributed by atoms with Gasteiger partial charge in [-0.1, -0.05) is 42.5 Å². The van der Waals surface area contributed by atoms with Crippen LogP contribution in [0.3, 0.4) is 0 Å². The molecular weight excluding hydrogens is 250 g/mol. The summed E-state index contributed by atoms with van der Waals surface area (Å²) >= 11 is 0. The highest BCUT2D eigenvalue weighted by atomic mass is 16.5. The Morgan fingerprint density at radius 1 is 1.05 bits per heavy atom. The smallest absolute Gasteiger partial charge is 0.125 e. The van der Waals surface area contributed by atoms with Crippen LogP contribution < -0.4 is 10.1 Å². The summed E-state index contributed by atoms with van der Waals surface area (Å²) in [6, 6.07) is 17.8. The van der Waals surface area contributed by atoms with Gasteiger partial charge in [-0.15, -0.1) is 0 Å². The van der Waals surface area contributed by atoms with Crippen LogP contribution >= 0.6 is 0 Å². The van der Waals surface area contributed by atoms with Crippen LogP contribution in [-0.2, 0) is 6.61 Å². The van der Waals surface area contributed by atoms with Crippen molar-refractivity contribution in [3.63, 3.8) is 0 Å². The molecule has 0 aliphatic heterocycles. The molecule has 2 N–H and O–H groups in total. The molecule has 0 heterocycles. The molecule has 1 unspecified atom stereocenters. The second kappa shape index (κ2) is 7.68. The molecule has 0 amide bonds. The van der Waals surface area contributed by atoms with Gasteiger partial charge in [0, 0.05) is 6.42 Å². The van der Waals surface area contributed by atoms with Crippen molar-refractivity contribution in [1.82, 2.24) is 5.32 Å². The molecule has 3 nitrogen and oxygen atoms in total. The molecule has 0 aliphatic rings. The number of nitrogens with one attached hydrogen (secondary N) is 1. The number of hydrogen-bond donors (Lipinski definition) is 2. The predicted octanol–water partition coefficient (Wildman–Crippen LogP) is 2.91. The van der Waals surface area contributed by atoms with Gasteiger partial charge >= 0.3 is 0 Å². The Kier molecular flexibility index (Phi) is 5.59. The third-order valence-corrected chi connectivity index (χ3v) is 3.21. The quantitative estimate of drug-likeness (QED) is 0.813. The van der Waals surface area contributed by atoms with Crippen LogP contribution in [-0.4, -0.2) is 18.7 Å². The average molecular weight is 271 g/mol. The van der Waals surface area contributed by atoms with Gasteiger partial charge in [-0.25, -0.2) is 0 Å². The van der Waals surface area contributed by atoms with Crippen molar-refractivity contribution in [2.75, 3.05) is 13.6 Å². The molecular formula is C17H21NO2. The molecule has 0 bridgehead atoms. The molecule has 106 valence electrons. The minimum atomic E-state index is 0.0311. The molecule has 1 atom stereocenters. The van der Waals surface area contributed by atoms with Crippen molar-refractivity contribution >= 4 is 0 Å². The number of rotatable bonds is 7. The summed E-state index contributed by atoms with van der Waals surface area (Å²) in [5.41, 5.74) is 2.07. The monoisotopic (exact) mass is 271 g/mol. The SMILES string of the molecule is CNCCC(Oc1ccc(CO)cc1)c1ccccc1. The first-order valence-electron chi connectivity index (χ1n) is 6.89. The molecule has 20 heavy (non-hydrogen) atoms. The first-order chi connectivity index (χ1) is 9.83. The van der Waals surface area contributed by atoms with E-state index in [2.05, 4.69) is 17.4 Å². The minimum Gasteiger partial charge on any atom is -0.486 e. The third-order valence-electron chi connectivity index (χ3n) is 3.21. The maximum atomic E-state index is 9.06. The van der Waals surface area contributed by atoms with Gasteiger partial charge in [0.2, 0.25) is 0 Å². The van der Waals surface area contributed by atoms with Gasteiger partial charge in [0.15, 0.2) is 0 Å². The summed E-state index contributed by atoms with van der Waals surface area (Å²) in [6.45, 7) is 0.955. The normalized spacial score (nSPS) is 12.1. The summed E-state index contributed by atoms with van der Waals surface area (Å²) in [4.78, 5) is 0. The van der Waals surface area contributed by atoms with Crippen molar-refractivity contribution in [3.05, 3.63) is 65.7 Å². The van der Waals surface area contributed by atoms with Gasteiger partial charge < -0.3 is 15.2 Å². The van der Waals surface area contributed by atoms with Crippen molar-refractivity contribution in [2.24, 2.45) is 0 Å². The van der Waals surface area contributed by atoms with E-state index in [9.17, 15) is 0 Å². The van der Waals surface area contributed by atoms with Gasteiger partial charge in [0.05, 0.1) is 6.61 Å². The Labute approximate surface area is 120 Å². The fraction of sp³-hybridized carbons (Fsp3) is 0.294. The molecule has 0 aliphatic carbocycles. The van der Waals surface area contributed by atoms with Crippen molar-refractivity contribution in [1.29, 1.82) is 0 Å². The molecule has 0 saturated carbocycles. The lowest BCUT2D eigenvalue weighted by atomic mass is 10.1. The molecule has 2 aromatic rings. The zero-order valence-corrected chi connectivity index (χ0v) is 11.8. The standard InChI is InChI=1S/C17H21NO2/c1-18-12-11-17(15-5-3-2-4-6-15)20-16-9-7-14(13-19)8-10-16/h2-10,17-19H,11-13H2,1H3. The number of benzene rings is 2. The van der Waals surface area contributed by atoms with E-state index < -0.39 is 0 Å². The topological polar surface area (TPSA) is 41.5 Å². The van der Waals surface area contributed by atoms with E-state index >= 15 is 0 Å². The highest BCUT2D eigenvalue weighted by Crippen LogP contribution is 2.24. The number of hydrogen-bond acceptors (Lipinski definition) is 3. The minimum absolute atomic E-state index is 0.0311. The third kappa shape index (κ3) is 4.08. The molecule has 0 radical (unpaired) electrons. The van der Waals surface area contributed by atoms with Crippen LogP contribution in [0.1, 0.15) is 23.7 Å². The summed E-state index contributed by atoms with van der Waals surface area (Å²) in [6.07, 6.45) is 0.936. The summed E-state index contributed by atoms with van der Waals surface area (Å²) in [7, 11) is 1.94. The molecule has 2 aromatic carbocycles. The number of aliphatic hydroxyl groups is 1. The van der Waals surface area contributed by atoms with Crippen LogP contribution in [0.25, 0.3) is 0 Å². The fourth-order valence-electron chi connectivity index (χ4n) is 2.07. The maximum Gasteiger partial charge on any atom is 0.125 e. The molecule has 0 saturated heterocycles. The summed E-state index contributed by atoms with van der Waals surface area (Å²) < 4.78 is 6.08. The van der Waals surface area contributed by atoms with Gasteiger partial charge in [0.25, 0.3) is 0 Å². The maximum absolute atomic E-state index is 9.06. The van der Waals surface area contributed by atoms with Crippen LogP contribution in [0, 0.1) is 0 Å². The van der Waals surface area contributed by atoms with E-state index in [1.165, 1.54) is 5.56 Å². The molecule has 0 spiro atoms. The van der Waals surface area contributed by atoms with Gasteiger partial charge in [-0.2, -0.15) is 0 Å². The van der Waals surface area contributed by atoms with Crippen LogP contribution in [0.15, 0.2) is 54.6 Å². The first kappa shape index (κ1) is 14.6. The van der Waals surface area contributed by atoms with Crippen molar-refractivity contribution < 1.29 is 9.84 Å². The Hall–Kier alpha value is -1.84. The van der Waals surface area contributed by atoms with Crippen molar-refractivity contribution in [3.8, 4) is 5.75 Å². The zero-order chi connectivity index (χ0) is 14.2. The second-order valence-electron chi connectivity index (χ2n) is 4.71. The van der Waals surface area contributed by atoms with E-state index in [-0.39, 0.29) is 12.7 Å². The second-order valence-corrected chi connectivity index (χ2v) is 4.71. The average Bonchev–Trinajstić information content (AvgIpc) is 2.53. The van der Waals surface area contributed by atoms with Crippen LogP contribution in [0.2, 0.25) is 0 Å². The van der Waals surface area contributed by atoms with Crippen molar-refractivity contribution in [2.45, 2.75) is 19.1 Å². The largest absolute Gasteiger partial charge is 0.486 e. The molecule has 0 fully saturated rings. The summed E-state index contributed by atoms with van der Waals surface area (Å²) in [5.74, 6) is 0.826. The van der Waals surface area contributed by atoms with Crippen LogP contribution in [0.5, 0.6) is 5.75 Å². The van der Waals surface area contributed by atoms with E-state index in [4.69, 9.17) is 9.84 Å². The highest BCUT2D eigenvalue weighted by molar-refractivity contribution is 5.28. The van der Waals surface area contributed by atoms with E-state index in [1.807, 2.05) is 49.5 Å². The van der Waals surface area contributed by atoms with Gasteiger partial charge in [-0.3, -0.25) is 0 Å². The molecule has 0 aromatic heterocycles. The Morgan fingerprint density at radius 3 is 2.35 bits per heavy atom. The van der Waals surface area contributed by atoms with E-state index in [0.29, 0.717) is 0 Å². The number of ether oxygens (including phenoxy) is 1. The lowest BCUT2D eigenvalue weighted by molar-refractivity contribution is 0.195. The Morgan fingerprint density at radius 2 is 1.75 bits per heavy atom. The van der Waals surface area contributed by atoms with Gasteiger partial charge in [-0.05, 0) is 36.9 Å². The zero-order valence-electron chi connectivity index (χ0n) is 11.8. The van der Waals surface area contributed by atoms with E-state index in [1.54, 1.807) is 0 Å². The number of aliphatic hydroxyl groups excluding tert-OH is 1. The highest BCUT2D eigenvalue weighted by Gasteiger charge is 2.12. The Balaban J connectivity index is 2.10. The predicted molar refractivity (Wildman–Crippen MR) is 80.7 cm³/mol. The first-order valence-corrected chi connectivity index (χ1v) is 6.89. The molecule has 2 rings (SSSR count). The van der Waals surface area contributed by atoms with E-state index in [0.717, 1.165) is 24.3 Å². The lowest BCUT2D eigenvalue weighted by Gasteiger charge is -2.19. The fourth-order valence-corrected chi connectivity index (χ4v) is 2.07. The molecule has 3 heteroatoms. The van der Waals surface area contributed by atoms with Gasteiger partial charge in [0.1, 0.15) is 11.9 Å². The lowest BCUT2D eigenvalue weighted by Crippen LogP contribution is -2.16. The summed E-state index contributed by atoms with van der Waals surface area (Å²) in [5, 5.41) is 12.2.